The lowest BCUT2D eigenvalue weighted by Gasteiger charge is -2.10. The third-order valence-electron chi connectivity index (χ3n) is 2.57. The molecular formula is C13H12F3NO. The van der Waals surface area contributed by atoms with E-state index in [9.17, 15) is 13.2 Å². The zero-order chi connectivity index (χ0) is 13.3. The molecular weight excluding hydrogens is 243 g/mol. The van der Waals surface area contributed by atoms with Crippen LogP contribution in [0.1, 0.15) is 25.3 Å². The number of ether oxygens (including phenoxy) is 1. The monoisotopic (exact) mass is 255 g/mol. The van der Waals surface area contributed by atoms with Crippen molar-refractivity contribution in [3.05, 3.63) is 36.0 Å². The van der Waals surface area contributed by atoms with Crippen molar-refractivity contribution < 1.29 is 17.9 Å². The topological polar surface area (TPSA) is 22.1 Å². The predicted octanol–water partition coefficient (Wildman–Crippen LogP) is 4.26. The zero-order valence-corrected chi connectivity index (χ0v) is 9.95. The maximum absolute atomic E-state index is 12.1. The van der Waals surface area contributed by atoms with Gasteiger partial charge >= 0.3 is 6.36 Å². The average molecular weight is 255 g/mol. The number of hydrogen-bond acceptors (Lipinski definition) is 2. The van der Waals surface area contributed by atoms with Crippen LogP contribution in [0.15, 0.2) is 30.5 Å². The standard InChI is InChI=1S/C13H12F3NO/c1-8(2)10-5-9-6-11(18-13(14,15)16)3-4-12(9)17-7-10/h3-8H,1-2H3. The van der Waals surface area contributed by atoms with Crippen LogP contribution in [0.3, 0.4) is 0 Å². The Kier molecular flexibility index (Phi) is 3.15. The predicted molar refractivity (Wildman–Crippen MR) is 62.5 cm³/mol. The van der Waals surface area contributed by atoms with E-state index < -0.39 is 6.36 Å². The molecule has 1 heterocycles. The highest BCUT2D eigenvalue weighted by Crippen LogP contribution is 2.27. The van der Waals surface area contributed by atoms with Crippen molar-refractivity contribution in [2.45, 2.75) is 26.1 Å². The lowest BCUT2D eigenvalue weighted by molar-refractivity contribution is -0.274. The molecule has 0 aliphatic heterocycles. The fourth-order valence-corrected chi connectivity index (χ4v) is 1.64. The first-order valence-electron chi connectivity index (χ1n) is 5.50. The van der Waals surface area contributed by atoms with Gasteiger partial charge in [-0.2, -0.15) is 0 Å². The Hall–Kier alpha value is -1.78. The SMILES string of the molecule is CC(C)c1cnc2ccc(OC(F)(F)F)cc2c1. The van der Waals surface area contributed by atoms with Gasteiger partial charge in [-0.1, -0.05) is 13.8 Å². The van der Waals surface area contributed by atoms with Crippen LogP contribution in [0, 0.1) is 0 Å². The minimum atomic E-state index is -4.67. The second-order valence-corrected chi connectivity index (χ2v) is 4.33. The molecule has 0 aliphatic carbocycles. The smallest absolute Gasteiger partial charge is 0.406 e. The number of aromatic nitrogens is 1. The molecule has 0 saturated carbocycles. The number of nitrogens with zero attached hydrogens (tertiary/aromatic N) is 1. The van der Waals surface area contributed by atoms with Crippen molar-refractivity contribution in [2.24, 2.45) is 0 Å². The highest BCUT2D eigenvalue weighted by Gasteiger charge is 2.31. The number of fused-ring (bicyclic) bond motifs is 1. The zero-order valence-electron chi connectivity index (χ0n) is 9.95. The molecule has 0 bridgehead atoms. The van der Waals surface area contributed by atoms with Gasteiger partial charge in [0.1, 0.15) is 5.75 Å². The third kappa shape index (κ3) is 2.91. The van der Waals surface area contributed by atoms with Crippen LogP contribution in [0.5, 0.6) is 5.75 Å². The summed E-state index contributed by atoms with van der Waals surface area (Å²) >= 11 is 0. The molecule has 1 aromatic carbocycles. The van der Waals surface area contributed by atoms with Gasteiger partial charge < -0.3 is 4.74 Å². The van der Waals surface area contributed by atoms with Crippen LogP contribution < -0.4 is 4.74 Å². The van der Waals surface area contributed by atoms with E-state index in [1.165, 1.54) is 18.2 Å². The van der Waals surface area contributed by atoms with Gasteiger partial charge in [-0.05, 0) is 35.7 Å². The van der Waals surface area contributed by atoms with Crippen LogP contribution in [-0.2, 0) is 0 Å². The van der Waals surface area contributed by atoms with E-state index in [0.29, 0.717) is 10.9 Å². The van der Waals surface area contributed by atoms with E-state index in [1.54, 1.807) is 6.20 Å². The van der Waals surface area contributed by atoms with Crippen molar-refractivity contribution in [3.63, 3.8) is 0 Å². The van der Waals surface area contributed by atoms with Crippen molar-refractivity contribution in [3.8, 4) is 5.75 Å². The van der Waals surface area contributed by atoms with E-state index >= 15 is 0 Å². The molecule has 0 fully saturated rings. The summed E-state index contributed by atoms with van der Waals surface area (Å²) in [6.07, 6.45) is -2.94. The Bertz CT molecular complexity index is 564. The molecule has 2 aromatic rings. The Morgan fingerprint density at radius 3 is 2.50 bits per heavy atom. The third-order valence-corrected chi connectivity index (χ3v) is 2.57. The molecule has 2 rings (SSSR count). The van der Waals surface area contributed by atoms with Crippen molar-refractivity contribution in [1.82, 2.24) is 4.98 Å². The summed E-state index contributed by atoms with van der Waals surface area (Å²) in [6.45, 7) is 4.00. The maximum atomic E-state index is 12.1. The molecule has 0 aliphatic rings. The summed E-state index contributed by atoms with van der Waals surface area (Å²) in [5.41, 5.74) is 1.63. The summed E-state index contributed by atoms with van der Waals surface area (Å²) in [4.78, 5) is 4.20. The van der Waals surface area contributed by atoms with E-state index in [2.05, 4.69) is 9.72 Å². The van der Waals surface area contributed by atoms with Gasteiger partial charge in [0.25, 0.3) is 0 Å². The van der Waals surface area contributed by atoms with Crippen LogP contribution in [0.25, 0.3) is 10.9 Å². The van der Waals surface area contributed by atoms with Crippen LogP contribution in [0.4, 0.5) is 13.2 Å². The number of halogens is 3. The summed E-state index contributed by atoms with van der Waals surface area (Å²) in [7, 11) is 0. The Balaban J connectivity index is 2.42. The number of hydrogen-bond donors (Lipinski definition) is 0. The van der Waals surface area contributed by atoms with E-state index in [4.69, 9.17) is 0 Å². The minimum absolute atomic E-state index is 0.224. The molecule has 0 amide bonds. The fraction of sp³-hybridized carbons (Fsp3) is 0.308. The molecule has 0 unspecified atom stereocenters. The van der Waals surface area contributed by atoms with E-state index in [0.717, 1.165) is 5.56 Å². The Morgan fingerprint density at radius 1 is 1.17 bits per heavy atom. The lowest BCUT2D eigenvalue weighted by Crippen LogP contribution is -2.17. The van der Waals surface area contributed by atoms with Crippen LogP contribution in [-0.4, -0.2) is 11.3 Å². The largest absolute Gasteiger partial charge is 0.573 e. The summed E-state index contributed by atoms with van der Waals surface area (Å²) in [5.74, 6) is 0.0480. The highest BCUT2D eigenvalue weighted by molar-refractivity contribution is 5.80. The minimum Gasteiger partial charge on any atom is -0.406 e. The molecule has 5 heteroatoms. The van der Waals surface area contributed by atoms with Crippen molar-refractivity contribution >= 4 is 10.9 Å². The molecule has 0 N–H and O–H groups in total. The molecule has 2 nitrogen and oxygen atoms in total. The van der Waals surface area contributed by atoms with Gasteiger partial charge in [0.15, 0.2) is 0 Å². The average Bonchev–Trinajstić information content (AvgIpc) is 2.25. The highest BCUT2D eigenvalue weighted by atomic mass is 19.4. The first-order chi connectivity index (χ1) is 8.35. The molecule has 96 valence electrons. The van der Waals surface area contributed by atoms with Crippen LogP contribution >= 0.6 is 0 Å². The summed E-state index contributed by atoms with van der Waals surface area (Å²) < 4.78 is 40.2. The lowest BCUT2D eigenvalue weighted by atomic mass is 10.0. The summed E-state index contributed by atoms with van der Waals surface area (Å²) in [5, 5.41) is 0.642. The molecule has 1 aromatic heterocycles. The van der Waals surface area contributed by atoms with Gasteiger partial charge in [0, 0.05) is 11.6 Å². The van der Waals surface area contributed by atoms with E-state index in [1.807, 2.05) is 19.9 Å². The molecule has 18 heavy (non-hydrogen) atoms. The fourth-order valence-electron chi connectivity index (χ4n) is 1.64. The van der Waals surface area contributed by atoms with Gasteiger partial charge in [0.05, 0.1) is 5.52 Å². The second-order valence-electron chi connectivity index (χ2n) is 4.33. The first-order valence-corrected chi connectivity index (χ1v) is 5.50. The van der Waals surface area contributed by atoms with Gasteiger partial charge in [0.2, 0.25) is 0 Å². The number of pyridine rings is 1. The molecule has 0 atom stereocenters. The maximum Gasteiger partial charge on any atom is 0.573 e. The van der Waals surface area contributed by atoms with Gasteiger partial charge in [-0.25, -0.2) is 0 Å². The molecule has 0 radical (unpaired) electrons. The van der Waals surface area contributed by atoms with Crippen LogP contribution in [0.2, 0.25) is 0 Å². The number of alkyl halides is 3. The molecule has 0 saturated heterocycles. The Morgan fingerprint density at radius 2 is 1.89 bits per heavy atom. The number of rotatable bonds is 2. The normalized spacial score (nSPS) is 12.1. The van der Waals surface area contributed by atoms with E-state index in [-0.39, 0.29) is 11.7 Å². The van der Waals surface area contributed by atoms with Crippen molar-refractivity contribution in [1.29, 1.82) is 0 Å². The Labute approximate surface area is 102 Å². The quantitative estimate of drug-likeness (QED) is 0.800. The molecule has 0 spiro atoms. The number of benzene rings is 1. The van der Waals surface area contributed by atoms with Gasteiger partial charge in [-0.15, -0.1) is 13.2 Å². The first kappa shape index (κ1) is 12.7. The van der Waals surface area contributed by atoms with Crippen molar-refractivity contribution in [2.75, 3.05) is 0 Å². The van der Waals surface area contributed by atoms with Gasteiger partial charge in [-0.3, -0.25) is 4.98 Å². The summed E-state index contributed by atoms with van der Waals surface area (Å²) in [6, 6.07) is 5.95. The second kappa shape index (κ2) is 4.48.